The Morgan fingerprint density at radius 3 is 3.11 bits per heavy atom. The molecule has 0 radical (unpaired) electrons. The molecule has 7 nitrogen and oxygen atoms in total. The van der Waals surface area contributed by atoms with Crippen molar-refractivity contribution in [3.05, 3.63) is 40.7 Å². The molecule has 0 spiro atoms. The van der Waals surface area contributed by atoms with Crippen LogP contribution >= 0.6 is 0 Å². The van der Waals surface area contributed by atoms with Crippen LogP contribution in [0.1, 0.15) is 19.0 Å². The van der Waals surface area contributed by atoms with Crippen LogP contribution in [0.25, 0.3) is 0 Å². The molecule has 2 aromatic heterocycles. The van der Waals surface area contributed by atoms with Gasteiger partial charge in [0.15, 0.2) is 5.82 Å². The quantitative estimate of drug-likeness (QED) is 0.822. The van der Waals surface area contributed by atoms with Crippen LogP contribution in [0.3, 0.4) is 0 Å². The summed E-state index contributed by atoms with van der Waals surface area (Å²) in [5.74, 6) is 0.148. The molecule has 0 bridgehead atoms. The minimum Gasteiger partial charge on any atom is -0.308 e. The van der Waals surface area contributed by atoms with E-state index in [-0.39, 0.29) is 12.5 Å². The zero-order chi connectivity index (χ0) is 13.7. The van der Waals surface area contributed by atoms with E-state index < -0.39 is 5.69 Å². The van der Waals surface area contributed by atoms with Crippen molar-refractivity contribution in [3.63, 3.8) is 0 Å². The molecular weight excluding hydrogens is 246 g/mol. The Bertz CT molecular complexity index is 616. The molecule has 0 aliphatic rings. The minimum atomic E-state index is -0.452. The lowest BCUT2D eigenvalue weighted by molar-refractivity contribution is -0.116. The molecule has 7 heteroatoms. The molecule has 0 aromatic carbocycles. The lowest BCUT2D eigenvalue weighted by Crippen LogP contribution is -2.28. The Labute approximate surface area is 109 Å². The standard InChI is InChI=1S/C12H15N5O2/c1-2-4-9-7-10(16-15-9)14-11(18)8-17-6-3-5-13-12(17)19/h3,5-7H,2,4,8H2,1H3,(H2,14,15,16,18). The second-order valence-corrected chi connectivity index (χ2v) is 4.11. The number of carbonyl (C=O) groups is 1. The van der Waals surface area contributed by atoms with Crippen molar-refractivity contribution >= 4 is 11.7 Å². The first-order valence-electron chi connectivity index (χ1n) is 6.04. The van der Waals surface area contributed by atoms with Gasteiger partial charge in [0.1, 0.15) is 6.54 Å². The van der Waals surface area contributed by atoms with Crippen LogP contribution in [0.2, 0.25) is 0 Å². The average Bonchev–Trinajstić information content (AvgIpc) is 2.80. The molecule has 0 aliphatic carbocycles. The summed E-state index contributed by atoms with van der Waals surface area (Å²) in [6.45, 7) is 1.98. The van der Waals surface area contributed by atoms with Crippen LogP contribution in [0.4, 0.5) is 5.82 Å². The summed E-state index contributed by atoms with van der Waals surface area (Å²) in [6.07, 6.45) is 4.79. The van der Waals surface area contributed by atoms with E-state index >= 15 is 0 Å². The summed E-state index contributed by atoms with van der Waals surface area (Å²) in [7, 11) is 0. The van der Waals surface area contributed by atoms with Gasteiger partial charge in [0, 0.05) is 24.2 Å². The lowest BCUT2D eigenvalue weighted by Gasteiger charge is -2.03. The van der Waals surface area contributed by atoms with E-state index in [1.165, 1.54) is 17.0 Å². The fourth-order valence-electron chi connectivity index (χ4n) is 1.67. The lowest BCUT2D eigenvalue weighted by atomic mass is 10.2. The van der Waals surface area contributed by atoms with Gasteiger partial charge in [-0.3, -0.25) is 14.5 Å². The highest BCUT2D eigenvalue weighted by molar-refractivity contribution is 5.89. The second-order valence-electron chi connectivity index (χ2n) is 4.11. The predicted molar refractivity (Wildman–Crippen MR) is 69.7 cm³/mol. The van der Waals surface area contributed by atoms with E-state index in [1.54, 1.807) is 12.1 Å². The summed E-state index contributed by atoms with van der Waals surface area (Å²) < 4.78 is 1.23. The minimum absolute atomic E-state index is 0.0807. The molecule has 19 heavy (non-hydrogen) atoms. The first-order chi connectivity index (χ1) is 9.19. The zero-order valence-corrected chi connectivity index (χ0v) is 10.6. The van der Waals surface area contributed by atoms with Crippen LogP contribution in [0.5, 0.6) is 0 Å². The van der Waals surface area contributed by atoms with Gasteiger partial charge in [0.2, 0.25) is 5.91 Å². The number of H-pyrrole nitrogens is 1. The molecule has 1 amide bonds. The number of nitrogens with one attached hydrogen (secondary N) is 2. The van der Waals surface area contributed by atoms with Gasteiger partial charge in [0.05, 0.1) is 0 Å². The van der Waals surface area contributed by atoms with Crippen molar-refractivity contribution < 1.29 is 4.79 Å². The third-order valence-electron chi connectivity index (χ3n) is 2.51. The molecule has 2 heterocycles. The van der Waals surface area contributed by atoms with Crippen LogP contribution < -0.4 is 11.0 Å². The topological polar surface area (TPSA) is 92.7 Å². The van der Waals surface area contributed by atoms with Crippen molar-refractivity contribution in [2.75, 3.05) is 5.32 Å². The van der Waals surface area contributed by atoms with Gasteiger partial charge in [-0.25, -0.2) is 9.78 Å². The van der Waals surface area contributed by atoms with Gasteiger partial charge >= 0.3 is 5.69 Å². The number of anilines is 1. The summed E-state index contributed by atoms with van der Waals surface area (Å²) >= 11 is 0. The molecule has 2 N–H and O–H groups in total. The first-order valence-corrected chi connectivity index (χ1v) is 6.04. The fraction of sp³-hybridized carbons (Fsp3) is 0.333. The molecule has 0 fully saturated rings. The molecule has 0 atom stereocenters. The summed E-state index contributed by atoms with van der Waals surface area (Å²) in [5.41, 5.74) is 0.516. The Balaban J connectivity index is 1.97. The third-order valence-corrected chi connectivity index (χ3v) is 2.51. The Morgan fingerprint density at radius 2 is 2.37 bits per heavy atom. The Hall–Kier alpha value is -2.44. The third kappa shape index (κ3) is 3.51. The maximum Gasteiger partial charge on any atom is 0.347 e. The predicted octanol–water partition coefficient (Wildman–Crippen LogP) is 0.558. The van der Waals surface area contributed by atoms with Gasteiger partial charge in [-0.2, -0.15) is 5.10 Å². The molecule has 0 unspecified atom stereocenters. The van der Waals surface area contributed by atoms with Gasteiger partial charge in [-0.05, 0) is 12.5 Å². The number of carbonyl (C=O) groups excluding carboxylic acids is 1. The van der Waals surface area contributed by atoms with E-state index in [0.29, 0.717) is 5.82 Å². The van der Waals surface area contributed by atoms with E-state index in [2.05, 4.69) is 27.4 Å². The van der Waals surface area contributed by atoms with E-state index in [9.17, 15) is 9.59 Å². The van der Waals surface area contributed by atoms with Crippen molar-refractivity contribution in [1.29, 1.82) is 0 Å². The fourth-order valence-corrected chi connectivity index (χ4v) is 1.67. The summed E-state index contributed by atoms with van der Waals surface area (Å²) in [5, 5.41) is 9.45. The average molecular weight is 261 g/mol. The molecular formula is C12H15N5O2. The Kier molecular flexibility index (Phi) is 4.07. The molecule has 0 aliphatic heterocycles. The number of aromatic nitrogens is 4. The van der Waals surface area contributed by atoms with Crippen LogP contribution in [-0.4, -0.2) is 25.7 Å². The molecule has 2 aromatic rings. The van der Waals surface area contributed by atoms with Crippen molar-refractivity contribution in [1.82, 2.24) is 19.7 Å². The van der Waals surface area contributed by atoms with Crippen molar-refractivity contribution in [2.45, 2.75) is 26.3 Å². The zero-order valence-electron chi connectivity index (χ0n) is 10.6. The molecule has 2 rings (SSSR count). The first kappa shape index (κ1) is 13.0. The Morgan fingerprint density at radius 1 is 1.53 bits per heavy atom. The number of rotatable bonds is 5. The van der Waals surface area contributed by atoms with Crippen LogP contribution in [0, 0.1) is 0 Å². The summed E-state index contributed by atoms with van der Waals surface area (Å²) in [6, 6.07) is 3.38. The van der Waals surface area contributed by atoms with Crippen molar-refractivity contribution in [3.8, 4) is 0 Å². The maximum absolute atomic E-state index is 11.7. The highest BCUT2D eigenvalue weighted by Crippen LogP contribution is 2.07. The number of aryl methyl sites for hydroxylation is 1. The molecule has 100 valence electrons. The number of aromatic amines is 1. The normalized spacial score (nSPS) is 10.4. The summed E-state index contributed by atoms with van der Waals surface area (Å²) in [4.78, 5) is 26.7. The van der Waals surface area contributed by atoms with E-state index in [0.717, 1.165) is 18.5 Å². The highest BCUT2D eigenvalue weighted by Gasteiger charge is 2.07. The molecule has 0 saturated carbocycles. The van der Waals surface area contributed by atoms with Gasteiger partial charge in [-0.1, -0.05) is 13.3 Å². The largest absolute Gasteiger partial charge is 0.347 e. The SMILES string of the molecule is CCCc1cc(NC(=O)Cn2cccnc2=O)n[nH]1. The monoisotopic (exact) mass is 261 g/mol. The molecule has 0 saturated heterocycles. The van der Waals surface area contributed by atoms with Crippen LogP contribution in [0.15, 0.2) is 29.3 Å². The van der Waals surface area contributed by atoms with Crippen molar-refractivity contribution in [2.24, 2.45) is 0 Å². The number of hydrogen-bond donors (Lipinski definition) is 2. The van der Waals surface area contributed by atoms with Gasteiger partial charge in [-0.15, -0.1) is 0 Å². The smallest absolute Gasteiger partial charge is 0.308 e. The second kappa shape index (κ2) is 5.94. The number of amides is 1. The number of hydrogen-bond acceptors (Lipinski definition) is 4. The van der Waals surface area contributed by atoms with Gasteiger partial charge in [0.25, 0.3) is 0 Å². The van der Waals surface area contributed by atoms with E-state index in [4.69, 9.17) is 0 Å². The maximum atomic E-state index is 11.7. The van der Waals surface area contributed by atoms with Gasteiger partial charge < -0.3 is 5.32 Å². The number of nitrogens with zero attached hydrogens (tertiary/aromatic N) is 3. The van der Waals surface area contributed by atoms with Crippen LogP contribution in [-0.2, 0) is 17.8 Å². The highest BCUT2D eigenvalue weighted by atomic mass is 16.2. The van der Waals surface area contributed by atoms with E-state index in [1.807, 2.05) is 0 Å².